The van der Waals surface area contributed by atoms with Crippen molar-refractivity contribution in [1.29, 1.82) is 0 Å². The Morgan fingerprint density at radius 2 is 1.79 bits per heavy atom. The predicted molar refractivity (Wildman–Crippen MR) is 117 cm³/mol. The zero-order chi connectivity index (χ0) is 20.9. The second kappa shape index (κ2) is 9.38. The Hall–Kier alpha value is -2.43. The number of hydrogen-bond acceptors (Lipinski definition) is 7. The molecule has 0 aliphatic carbocycles. The van der Waals surface area contributed by atoms with Gasteiger partial charge in [0, 0.05) is 0 Å². The zero-order valence-corrected chi connectivity index (χ0v) is 18.4. The van der Waals surface area contributed by atoms with Crippen LogP contribution in [0, 0.1) is 6.92 Å². The highest BCUT2D eigenvalue weighted by Crippen LogP contribution is 2.26. The van der Waals surface area contributed by atoms with Crippen LogP contribution in [0.1, 0.15) is 12.5 Å². The number of carbonyl (C=O) groups excluding carboxylic acids is 1. The molecule has 0 aliphatic heterocycles. The van der Waals surface area contributed by atoms with Crippen molar-refractivity contribution in [3.63, 3.8) is 0 Å². The smallest absolute Gasteiger partial charge is 0.264 e. The van der Waals surface area contributed by atoms with Crippen LogP contribution >= 0.6 is 23.1 Å². The minimum atomic E-state index is -3.92. The van der Waals surface area contributed by atoms with Crippen LogP contribution in [0.15, 0.2) is 63.8 Å². The second-order valence-electron chi connectivity index (χ2n) is 6.01. The summed E-state index contributed by atoms with van der Waals surface area (Å²) in [5.41, 5.74) is 1.40. The first-order chi connectivity index (χ1) is 13.9. The van der Waals surface area contributed by atoms with Gasteiger partial charge in [0.1, 0.15) is 6.54 Å². The van der Waals surface area contributed by atoms with Gasteiger partial charge in [0.05, 0.1) is 10.6 Å². The number of amides is 1. The third-order valence-electron chi connectivity index (χ3n) is 3.86. The van der Waals surface area contributed by atoms with Gasteiger partial charge < -0.3 is 0 Å². The molecule has 1 heterocycles. The number of thioether (sulfide) groups is 1. The summed E-state index contributed by atoms with van der Waals surface area (Å²) in [6, 6.07) is 15.0. The standard InChI is InChI=1S/C19H20N4O3S3/c1-3-27-19-22-21-18(28-19)20-17(24)13-23(15-11-9-14(2)10-12-15)29(25,26)16-7-5-4-6-8-16/h4-12H,3,13H2,1-2H3,(H,20,21,24). The van der Waals surface area contributed by atoms with E-state index in [2.05, 4.69) is 15.5 Å². The number of anilines is 2. The third-order valence-corrected chi connectivity index (χ3v) is 7.50. The number of sulfonamides is 1. The minimum absolute atomic E-state index is 0.117. The average Bonchev–Trinajstić information content (AvgIpc) is 3.14. The fourth-order valence-corrected chi connectivity index (χ4v) is 5.58. The Morgan fingerprint density at radius 1 is 1.10 bits per heavy atom. The molecule has 0 unspecified atom stereocenters. The van der Waals surface area contributed by atoms with Crippen molar-refractivity contribution >= 4 is 49.8 Å². The van der Waals surface area contributed by atoms with Gasteiger partial charge in [-0.15, -0.1) is 10.2 Å². The van der Waals surface area contributed by atoms with Crippen LogP contribution in [-0.4, -0.2) is 36.8 Å². The number of hydrogen-bond donors (Lipinski definition) is 1. The largest absolute Gasteiger partial charge is 0.299 e. The molecule has 0 atom stereocenters. The molecule has 0 spiro atoms. The summed E-state index contributed by atoms with van der Waals surface area (Å²) in [7, 11) is -3.92. The molecule has 29 heavy (non-hydrogen) atoms. The van der Waals surface area contributed by atoms with Crippen LogP contribution in [-0.2, 0) is 14.8 Å². The summed E-state index contributed by atoms with van der Waals surface area (Å²) in [6.07, 6.45) is 0. The van der Waals surface area contributed by atoms with Crippen molar-refractivity contribution < 1.29 is 13.2 Å². The van der Waals surface area contributed by atoms with E-state index in [1.165, 1.54) is 35.2 Å². The molecule has 2 aromatic carbocycles. The normalized spacial score (nSPS) is 11.2. The monoisotopic (exact) mass is 448 g/mol. The molecular formula is C19H20N4O3S3. The second-order valence-corrected chi connectivity index (χ2v) is 10.4. The summed E-state index contributed by atoms with van der Waals surface area (Å²) < 4.78 is 28.3. The lowest BCUT2D eigenvalue weighted by Gasteiger charge is -2.24. The van der Waals surface area contributed by atoms with Crippen molar-refractivity contribution in [3.05, 3.63) is 60.2 Å². The van der Waals surface area contributed by atoms with E-state index < -0.39 is 15.9 Å². The van der Waals surface area contributed by atoms with E-state index in [4.69, 9.17) is 0 Å². The molecule has 0 aliphatic rings. The molecular weight excluding hydrogens is 428 g/mol. The molecule has 0 saturated heterocycles. The summed E-state index contributed by atoms with van der Waals surface area (Å²) >= 11 is 2.78. The van der Waals surface area contributed by atoms with E-state index in [1.54, 1.807) is 42.5 Å². The molecule has 0 radical (unpaired) electrons. The van der Waals surface area contributed by atoms with Gasteiger partial charge in [0.15, 0.2) is 4.34 Å². The topological polar surface area (TPSA) is 92.3 Å². The van der Waals surface area contributed by atoms with Gasteiger partial charge >= 0.3 is 0 Å². The number of carbonyl (C=O) groups is 1. The highest BCUT2D eigenvalue weighted by molar-refractivity contribution is 8.01. The van der Waals surface area contributed by atoms with E-state index in [0.29, 0.717) is 10.8 Å². The summed E-state index contributed by atoms with van der Waals surface area (Å²) in [5, 5.41) is 10.9. The van der Waals surface area contributed by atoms with Crippen LogP contribution in [0.4, 0.5) is 10.8 Å². The van der Waals surface area contributed by atoms with E-state index in [0.717, 1.165) is 20.0 Å². The van der Waals surface area contributed by atoms with Crippen molar-refractivity contribution in [2.75, 3.05) is 21.9 Å². The van der Waals surface area contributed by atoms with Gasteiger partial charge in [0.25, 0.3) is 10.0 Å². The molecule has 0 saturated carbocycles. The molecule has 10 heteroatoms. The van der Waals surface area contributed by atoms with Crippen LogP contribution in [0.3, 0.4) is 0 Å². The lowest BCUT2D eigenvalue weighted by molar-refractivity contribution is -0.114. The quantitative estimate of drug-likeness (QED) is 0.416. The van der Waals surface area contributed by atoms with Crippen molar-refractivity contribution in [1.82, 2.24) is 10.2 Å². The number of aryl methyl sites for hydroxylation is 1. The van der Waals surface area contributed by atoms with Gasteiger partial charge in [0.2, 0.25) is 11.0 Å². The zero-order valence-electron chi connectivity index (χ0n) is 15.9. The van der Waals surface area contributed by atoms with Crippen LogP contribution in [0.25, 0.3) is 0 Å². The summed E-state index contributed by atoms with van der Waals surface area (Å²) in [6.45, 7) is 3.53. The molecule has 3 rings (SSSR count). The maximum absolute atomic E-state index is 13.2. The van der Waals surface area contributed by atoms with Gasteiger partial charge in [-0.25, -0.2) is 8.42 Å². The molecule has 0 fully saturated rings. The van der Waals surface area contributed by atoms with E-state index in [-0.39, 0.29) is 11.4 Å². The van der Waals surface area contributed by atoms with Crippen LogP contribution in [0.5, 0.6) is 0 Å². The Balaban J connectivity index is 1.87. The predicted octanol–water partition coefficient (Wildman–Crippen LogP) is 3.79. The van der Waals surface area contributed by atoms with Crippen molar-refractivity contribution in [2.45, 2.75) is 23.1 Å². The summed E-state index contributed by atoms with van der Waals surface area (Å²) in [4.78, 5) is 12.7. The van der Waals surface area contributed by atoms with Gasteiger partial charge in [-0.3, -0.25) is 14.4 Å². The Labute approximate surface area is 178 Å². The van der Waals surface area contributed by atoms with Crippen LogP contribution < -0.4 is 9.62 Å². The van der Waals surface area contributed by atoms with Gasteiger partial charge in [-0.05, 0) is 36.9 Å². The maximum Gasteiger partial charge on any atom is 0.264 e. The number of benzene rings is 2. The van der Waals surface area contributed by atoms with Crippen molar-refractivity contribution in [2.24, 2.45) is 0 Å². The molecule has 1 N–H and O–H groups in total. The Morgan fingerprint density at radius 3 is 2.45 bits per heavy atom. The summed E-state index contributed by atoms with van der Waals surface area (Å²) in [5.74, 6) is 0.355. The average molecular weight is 449 g/mol. The first-order valence-electron chi connectivity index (χ1n) is 8.80. The fraction of sp³-hybridized carbons (Fsp3) is 0.211. The first-order valence-corrected chi connectivity index (χ1v) is 12.0. The maximum atomic E-state index is 13.2. The van der Waals surface area contributed by atoms with Crippen LogP contribution in [0.2, 0.25) is 0 Å². The van der Waals surface area contributed by atoms with Gasteiger partial charge in [-0.2, -0.15) is 0 Å². The number of rotatable bonds is 8. The van der Waals surface area contributed by atoms with E-state index in [9.17, 15) is 13.2 Å². The fourth-order valence-electron chi connectivity index (χ4n) is 2.48. The highest BCUT2D eigenvalue weighted by Gasteiger charge is 2.27. The highest BCUT2D eigenvalue weighted by atomic mass is 32.2. The molecule has 152 valence electrons. The molecule has 1 aromatic heterocycles. The molecule has 7 nitrogen and oxygen atoms in total. The third kappa shape index (κ3) is 5.34. The van der Waals surface area contributed by atoms with Gasteiger partial charge in [-0.1, -0.05) is 65.9 Å². The number of aromatic nitrogens is 2. The lowest BCUT2D eigenvalue weighted by atomic mass is 10.2. The Bertz CT molecular complexity index is 1070. The van der Waals surface area contributed by atoms with Crippen molar-refractivity contribution in [3.8, 4) is 0 Å². The first kappa shape index (κ1) is 21.3. The molecule has 1 amide bonds. The SMILES string of the molecule is CCSc1nnc(NC(=O)CN(c2ccc(C)cc2)S(=O)(=O)c2ccccc2)s1. The Kier molecular flexibility index (Phi) is 6.88. The lowest BCUT2D eigenvalue weighted by Crippen LogP contribution is -2.38. The van der Waals surface area contributed by atoms with E-state index >= 15 is 0 Å². The minimum Gasteiger partial charge on any atom is -0.299 e. The molecule has 3 aromatic rings. The number of nitrogens with zero attached hydrogens (tertiary/aromatic N) is 3. The van der Waals surface area contributed by atoms with E-state index in [1.807, 2.05) is 13.8 Å². The molecule has 0 bridgehead atoms. The number of nitrogens with one attached hydrogen (secondary N) is 1.